The Morgan fingerprint density at radius 2 is 1.30 bits per heavy atom. The molecular formula is C20H36ClNO. The van der Waals surface area contributed by atoms with Gasteiger partial charge in [-0.2, -0.15) is 0 Å². The number of hydrogen-bond acceptors (Lipinski definition) is 2. The van der Waals surface area contributed by atoms with Gasteiger partial charge in [0.2, 0.25) is 0 Å². The van der Waals surface area contributed by atoms with Gasteiger partial charge in [0, 0.05) is 6.04 Å². The molecule has 1 rings (SSSR count). The van der Waals surface area contributed by atoms with Crippen LogP contribution in [-0.4, -0.2) is 5.11 Å². The number of aromatic hydroxyl groups is 1. The lowest BCUT2D eigenvalue weighted by atomic mass is 9.77. The largest absolute Gasteiger partial charge is 0.507 e. The maximum Gasteiger partial charge on any atom is 0.123 e. The summed E-state index contributed by atoms with van der Waals surface area (Å²) in [5, 5.41) is 10.7. The Balaban J connectivity index is 0.00000484. The molecule has 0 radical (unpaired) electrons. The summed E-state index contributed by atoms with van der Waals surface area (Å²) >= 11 is 0. The van der Waals surface area contributed by atoms with Crippen LogP contribution >= 0.6 is 12.4 Å². The first-order valence-electron chi connectivity index (χ1n) is 8.47. The highest BCUT2D eigenvalue weighted by molar-refractivity contribution is 5.85. The smallest absolute Gasteiger partial charge is 0.123 e. The first-order valence-corrected chi connectivity index (χ1v) is 8.47. The molecule has 0 aliphatic rings. The van der Waals surface area contributed by atoms with Gasteiger partial charge >= 0.3 is 0 Å². The van der Waals surface area contributed by atoms with Gasteiger partial charge in [-0.3, -0.25) is 0 Å². The van der Waals surface area contributed by atoms with Crippen LogP contribution in [0.15, 0.2) is 12.1 Å². The van der Waals surface area contributed by atoms with Crippen molar-refractivity contribution in [2.75, 3.05) is 0 Å². The summed E-state index contributed by atoms with van der Waals surface area (Å²) in [6, 6.07) is 4.25. The van der Waals surface area contributed by atoms with E-state index >= 15 is 0 Å². The van der Waals surface area contributed by atoms with Gasteiger partial charge < -0.3 is 10.8 Å². The molecule has 1 aromatic carbocycles. The van der Waals surface area contributed by atoms with Crippen molar-refractivity contribution >= 4 is 12.4 Å². The molecule has 134 valence electrons. The number of phenolic OH excluding ortho intramolecular Hbond substituents is 1. The van der Waals surface area contributed by atoms with E-state index in [-0.39, 0.29) is 29.3 Å². The predicted molar refractivity (Wildman–Crippen MR) is 104 cm³/mol. The minimum atomic E-state index is -0.0993. The van der Waals surface area contributed by atoms with Crippen LogP contribution < -0.4 is 5.73 Å². The van der Waals surface area contributed by atoms with Crippen molar-refractivity contribution < 1.29 is 5.11 Å². The van der Waals surface area contributed by atoms with Crippen LogP contribution in [0, 0.1) is 5.92 Å². The van der Waals surface area contributed by atoms with Gasteiger partial charge in [0.1, 0.15) is 5.75 Å². The first-order chi connectivity index (χ1) is 9.84. The highest BCUT2D eigenvalue weighted by atomic mass is 35.5. The fourth-order valence-corrected chi connectivity index (χ4v) is 2.69. The zero-order valence-corrected chi connectivity index (χ0v) is 17.0. The minimum absolute atomic E-state index is 0. The third kappa shape index (κ3) is 6.00. The Kier molecular flexibility index (Phi) is 7.64. The van der Waals surface area contributed by atoms with Crippen molar-refractivity contribution in [2.24, 2.45) is 11.7 Å². The van der Waals surface area contributed by atoms with E-state index in [0.717, 1.165) is 29.5 Å². The van der Waals surface area contributed by atoms with Gasteiger partial charge in [-0.15, -0.1) is 12.4 Å². The number of phenols is 1. The molecule has 0 unspecified atom stereocenters. The molecule has 1 aromatic rings. The second-order valence-electron chi connectivity index (χ2n) is 9.04. The van der Waals surface area contributed by atoms with E-state index in [9.17, 15) is 5.11 Å². The van der Waals surface area contributed by atoms with Gasteiger partial charge in [0.25, 0.3) is 0 Å². The zero-order chi connectivity index (χ0) is 17.3. The molecule has 0 aliphatic heterocycles. The van der Waals surface area contributed by atoms with Crippen LogP contribution in [0.4, 0.5) is 0 Å². The van der Waals surface area contributed by atoms with Crippen LogP contribution in [-0.2, 0) is 10.8 Å². The Bertz CT molecular complexity index is 474. The van der Waals surface area contributed by atoms with E-state index in [1.807, 2.05) is 0 Å². The molecule has 0 aromatic heterocycles. The molecule has 0 aliphatic carbocycles. The van der Waals surface area contributed by atoms with Gasteiger partial charge in [-0.25, -0.2) is 0 Å². The Morgan fingerprint density at radius 3 is 1.61 bits per heavy atom. The first kappa shape index (κ1) is 22.3. The van der Waals surface area contributed by atoms with E-state index in [1.54, 1.807) is 0 Å². The summed E-state index contributed by atoms with van der Waals surface area (Å²) in [5.41, 5.74) is 9.37. The lowest BCUT2D eigenvalue weighted by Crippen LogP contribution is -2.20. The molecule has 23 heavy (non-hydrogen) atoms. The molecule has 2 nitrogen and oxygen atoms in total. The number of rotatable bonds is 4. The van der Waals surface area contributed by atoms with Crippen molar-refractivity contribution in [1.82, 2.24) is 0 Å². The monoisotopic (exact) mass is 341 g/mol. The summed E-state index contributed by atoms with van der Waals surface area (Å²) in [6.07, 6.45) is 2.10. The maximum atomic E-state index is 10.7. The van der Waals surface area contributed by atoms with E-state index in [2.05, 4.69) is 67.5 Å². The fraction of sp³-hybridized carbons (Fsp3) is 0.700. The van der Waals surface area contributed by atoms with Gasteiger partial charge in [-0.05, 0) is 46.3 Å². The highest BCUT2D eigenvalue weighted by Crippen LogP contribution is 2.41. The average molecular weight is 342 g/mol. The molecule has 0 saturated heterocycles. The standard InChI is InChI=1S/C20H35NO.ClH/c1-13(2)9-10-17(21)14-11-15(19(3,4)5)18(22)16(12-14)20(6,7)8;/h11-13,17,22H,9-10,21H2,1-8H3;1H/t17-;/m1./s1. The molecule has 0 spiro atoms. The zero-order valence-electron chi connectivity index (χ0n) is 16.2. The summed E-state index contributed by atoms with van der Waals surface area (Å²) in [5.74, 6) is 1.09. The average Bonchev–Trinajstić information content (AvgIpc) is 2.33. The molecule has 0 bridgehead atoms. The van der Waals surface area contributed by atoms with Crippen LogP contribution in [0.1, 0.15) is 91.0 Å². The Morgan fingerprint density at radius 1 is 0.913 bits per heavy atom. The minimum Gasteiger partial charge on any atom is -0.507 e. The number of benzene rings is 1. The summed E-state index contributed by atoms with van der Waals surface area (Å²) in [7, 11) is 0. The Hall–Kier alpha value is -0.730. The van der Waals surface area contributed by atoms with Crippen molar-refractivity contribution in [2.45, 2.75) is 85.1 Å². The quantitative estimate of drug-likeness (QED) is 0.722. The van der Waals surface area contributed by atoms with E-state index in [0.29, 0.717) is 11.7 Å². The normalized spacial score (nSPS) is 13.8. The molecule has 0 saturated carbocycles. The van der Waals surface area contributed by atoms with Crippen molar-refractivity contribution in [3.63, 3.8) is 0 Å². The Labute approximate surface area is 149 Å². The number of nitrogens with two attached hydrogens (primary N) is 1. The summed E-state index contributed by atoms with van der Waals surface area (Å²) in [6.45, 7) is 17.3. The molecule has 0 amide bonds. The molecule has 0 fully saturated rings. The number of halogens is 1. The highest BCUT2D eigenvalue weighted by Gasteiger charge is 2.27. The van der Waals surface area contributed by atoms with Crippen LogP contribution in [0.25, 0.3) is 0 Å². The van der Waals surface area contributed by atoms with Gasteiger partial charge in [0.05, 0.1) is 0 Å². The molecule has 0 heterocycles. The SMILES string of the molecule is CC(C)CC[C@@H](N)c1cc(C(C)(C)C)c(O)c(C(C)(C)C)c1.Cl. The maximum absolute atomic E-state index is 10.7. The second kappa shape index (κ2) is 7.90. The third-order valence-electron chi connectivity index (χ3n) is 4.23. The molecule has 1 atom stereocenters. The van der Waals surface area contributed by atoms with Crippen LogP contribution in [0.2, 0.25) is 0 Å². The van der Waals surface area contributed by atoms with E-state index in [1.165, 1.54) is 0 Å². The number of hydrogen-bond donors (Lipinski definition) is 2. The predicted octanol–water partition coefficient (Wildman–Crippen LogP) is 5.85. The molecule has 3 heteroatoms. The van der Waals surface area contributed by atoms with Crippen LogP contribution in [0.3, 0.4) is 0 Å². The van der Waals surface area contributed by atoms with Gasteiger partial charge in [-0.1, -0.05) is 67.5 Å². The van der Waals surface area contributed by atoms with E-state index in [4.69, 9.17) is 5.73 Å². The second-order valence-corrected chi connectivity index (χ2v) is 9.04. The fourth-order valence-electron chi connectivity index (χ4n) is 2.69. The molecular weight excluding hydrogens is 306 g/mol. The van der Waals surface area contributed by atoms with Crippen molar-refractivity contribution in [1.29, 1.82) is 0 Å². The van der Waals surface area contributed by atoms with E-state index < -0.39 is 0 Å². The lowest BCUT2D eigenvalue weighted by molar-refractivity contribution is 0.421. The third-order valence-corrected chi connectivity index (χ3v) is 4.23. The summed E-state index contributed by atoms with van der Waals surface area (Å²) in [4.78, 5) is 0. The summed E-state index contributed by atoms with van der Waals surface area (Å²) < 4.78 is 0. The van der Waals surface area contributed by atoms with Crippen molar-refractivity contribution in [3.8, 4) is 5.75 Å². The molecule has 3 N–H and O–H groups in total. The van der Waals surface area contributed by atoms with Gasteiger partial charge in [0.15, 0.2) is 0 Å². The van der Waals surface area contributed by atoms with Crippen molar-refractivity contribution in [3.05, 3.63) is 28.8 Å². The topological polar surface area (TPSA) is 46.2 Å². The lowest BCUT2D eigenvalue weighted by Gasteiger charge is -2.29. The van der Waals surface area contributed by atoms with Crippen LogP contribution in [0.5, 0.6) is 5.75 Å².